The maximum atomic E-state index is 12.4. The molecule has 7 heteroatoms. The van der Waals surface area contributed by atoms with Gasteiger partial charge in [0.1, 0.15) is 0 Å². The van der Waals surface area contributed by atoms with Gasteiger partial charge in [-0.2, -0.15) is 0 Å². The Morgan fingerprint density at radius 1 is 1.04 bits per heavy atom. The molecule has 2 aromatic carbocycles. The normalized spacial score (nSPS) is 10.2. The zero-order valence-corrected chi connectivity index (χ0v) is 16.3. The van der Waals surface area contributed by atoms with Crippen LogP contribution in [0.25, 0.3) is 0 Å². The lowest BCUT2D eigenvalue weighted by Crippen LogP contribution is -2.34. The average molecular weight is 392 g/mol. The summed E-state index contributed by atoms with van der Waals surface area (Å²) >= 11 is 5.97. The summed E-state index contributed by atoms with van der Waals surface area (Å²) in [7, 11) is 3.12. The number of amides is 1. The van der Waals surface area contributed by atoms with Crippen molar-refractivity contribution in [3.63, 3.8) is 0 Å². The maximum absolute atomic E-state index is 12.4. The summed E-state index contributed by atoms with van der Waals surface area (Å²) in [6.45, 7) is 2.33. The summed E-state index contributed by atoms with van der Waals surface area (Å²) in [5.74, 6) is 0.275. The fourth-order valence-electron chi connectivity index (χ4n) is 2.50. The Bertz CT molecular complexity index is 809. The lowest BCUT2D eigenvalue weighted by Gasteiger charge is -2.21. The van der Waals surface area contributed by atoms with E-state index in [0.717, 1.165) is 5.56 Å². The molecule has 27 heavy (non-hydrogen) atoms. The van der Waals surface area contributed by atoms with Crippen molar-refractivity contribution in [1.82, 2.24) is 4.90 Å². The van der Waals surface area contributed by atoms with Gasteiger partial charge in [0.15, 0.2) is 18.1 Å². The second kappa shape index (κ2) is 9.83. The van der Waals surface area contributed by atoms with Crippen molar-refractivity contribution in [1.29, 1.82) is 0 Å². The van der Waals surface area contributed by atoms with Crippen LogP contribution < -0.4 is 9.47 Å². The van der Waals surface area contributed by atoms with Crippen LogP contribution in [0.1, 0.15) is 22.8 Å². The number of hydrogen-bond donors (Lipinski definition) is 0. The van der Waals surface area contributed by atoms with E-state index in [2.05, 4.69) is 0 Å². The lowest BCUT2D eigenvalue weighted by molar-refractivity contribution is -0.134. The number of rotatable bonds is 8. The van der Waals surface area contributed by atoms with E-state index in [1.165, 1.54) is 0 Å². The first-order chi connectivity index (χ1) is 13.0. The number of carbonyl (C=O) groups is 2. The Morgan fingerprint density at radius 3 is 2.37 bits per heavy atom. The molecule has 0 N–H and O–H groups in total. The molecule has 0 bridgehead atoms. The van der Waals surface area contributed by atoms with Gasteiger partial charge in [0.05, 0.1) is 24.8 Å². The molecule has 0 spiro atoms. The Morgan fingerprint density at radius 2 is 1.74 bits per heavy atom. The molecule has 0 aliphatic carbocycles. The van der Waals surface area contributed by atoms with Gasteiger partial charge in [-0.05, 0) is 36.8 Å². The average Bonchev–Trinajstić information content (AvgIpc) is 2.70. The van der Waals surface area contributed by atoms with Gasteiger partial charge >= 0.3 is 5.97 Å². The first-order valence-corrected chi connectivity index (χ1v) is 8.78. The number of halogens is 1. The van der Waals surface area contributed by atoms with Crippen molar-refractivity contribution in [3.8, 4) is 11.5 Å². The van der Waals surface area contributed by atoms with Crippen LogP contribution in [0, 0.1) is 0 Å². The van der Waals surface area contributed by atoms with Crippen molar-refractivity contribution in [2.24, 2.45) is 0 Å². The molecule has 144 valence electrons. The summed E-state index contributed by atoms with van der Waals surface area (Å²) < 4.78 is 15.6. The summed E-state index contributed by atoms with van der Waals surface area (Å²) in [5, 5.41) is 0.285. The lowest BCUT2D eigenvalue weighted by atomic mass is 10.2. The second-order valence-corrected chi connectivity index (χ2v) is 6.06. The van der Waals surface area contributed by atoms with Crippen molar-refractivity contribution in [3.05, 3.63) is 58.6 Å². The van der Waals surface area contributed by atoms with Gasteiger partial charge in [0.25, 0.3) is 5.91 Å². The number of benzene rings is 2. The minimum Gasteiger partial charge on any atom is -0.493 e. The first kappa shape index (κ1) is 20.6. The topological polar surface area (TPSA) is 65.1 Å². The van der Waals surface area contributed by atoms with Crippen LogP contribution in [0.5, 0.6) is 11.5 Å². The van der Waals surface area contributed by atoms with Crippen LogP contribution in [-0.2, 0) is 16.1 Å². The number of nitrogens with zero attached hydrogens (tertiary/aromatic N) is 1. The molecule has 6 nitrogen and oxygen atoms in total. The summed E-state index contributed by atoms with van der Waals surface area (Å²) in [6.07, 6.45) is 0. The third-order valence-corrected chi connectivity index (χ3v) is 4.31. The molecule has 0 heterocycles. The zero-order chi connectivity index (χ0) is 19.8. The summed E-state index contributed by atoms with van der Waals surface area (Å²) in [6, 6.07) is 12.0. The van der Waals surface area contributed by atoms with Crippen molar-refractivity contribution >= 4 is 23.5 Å². The first-order valence-electron chi connectivity index (χ1n) is 8.40. The molecule has 0 aliphatic rings. The van der Waals surface area contributed by atoms with Gasteiger partial charge < -0.3 is 19.1 Å². The Labute approximate surface area is 163 Å². The molecular formula is C20H22ClNO5. The number of methoxy groups -OCH3 is 2. The number of likely N-dealkylation sites (N-methyl/N-ethyl adjacent to an activating group) is 1. The fourth-order valence-corrected chi connectivity index (χ4v) is 2.71. The number of carbonyl (C=O) groups excluding carboxylic acids is 2. The minimum atomic E-state index is -0.629. The van der Waals surface area contributed by atoms with E-state index in [4.69, 9.17) is 25.8 Å². The van der Waals surface area contributed by atoms with E-state index in [1.807, 2.05) is 19.1 Å². The maximum Gasteiger partial charge on any atom is 0.340 e. The molecule has 0 unspecified atom stereocenters. The van der Waals surface area contributed by atoms with Crippen LogP contribution in [0.2, 0.25) is 5.02 Å². The van der Waals surface area contributed by atoms with Crippen LogP contribution in [0.15, 0.2) is 42.5 Å². The molecule has 0 saturated heterocycles. The van der Waals surface area contributed by atoms with E-state index in [9.17, 15) is 9.59 Å². The SMILES string of the molecule is CCN(Cc1ccc(OC)c(OC)c1)C(=O)COC(=O)c1ccccc1Cl. The third kappa shape index (κ3) is 5.37. The van der Waals surface area contributed by atoms with Crippen LogP contribution in [0.4, 0.5) is 0 Å². The predicted molar refractivity (Wildman–Crippen MR) is 102 cm³/mol. The van der Waals surface area contributed by atoms with E-state index in [0.29, 0.717) is 24.6 Å². The Balaban J connectivity index is 1.99. The van der Waals surface area contributed by atoms with E-state index in [-0.39, 0.29) is 23.1 Å². The molecule has 0 aromatic heterocycles. The van der Waals surface area contributed by atoms with Crippen LogP contribution >= 0.6 is 11.6 Å². The predicted octanol–water partition coefficient (Wildman–Crippen LogP) is 3.56. The molecule has 2 aromatic rings. The van der Waals surface area contributed by atoms with Crippen LogP contribution in [0.3, 0.4) is 0 Å². The highest BCUT2D eigenvalue weighted by molar-refractivity contribution is 6.33. The quantitative estimate of drug-likeness (QED) is 0.644. The minimum absolute atomic E-state index is 0.231. The van der Waals surface area contributed by atoms with E-state index in [1.54, 1.807) is 49.5 Å². The molecule has 0 aliphatic heterocycles. The molecule has 0 atom stereocenters. The number of hydrogen-bond acceptors (Lipinski definition) is 5. The molecule has 0 fully saturated rings. The molecule has 0 saturated carbocycles. The summed E-state index contributed by atoms with van der Waals surface area (Å²) in [5.41, 5.74) is 1.11. The van der Waals surface area contributed by atoms with Crippen molar-refractivity contribution in [2.75, 3.05) is 27.4 Å². The van der Waals surface area contributed by atoms with E-state index < -0.39 is 5.97 Å². The van der Waals surface area contributed by atoms with E-state index >= 15 is 0 Å². The highest BCUT2D eigenvalue weighted by Gasteiger charge is 2.17. The van der Waals surface area contributed by atoms with Gasteiger partial charge in [-0.15, -0.1) is 0 Å². The monoisotopic (exact) mass is 391 g/mol. The second-order valence-electron chi connectivity index (χ2n) is 5.65. The zero-order valence-electron chi connectivity index (χ0n) is 15.5. The highest BCUT2D eigenvalue weighted by atomic mass is 35.5. The summed E-state index contributed by atoms with van der Waals surface area (Å²) in [4.78, 5) is 26.1. The molecular weight excluding hydrogens is 370 g/mol. The smallest absolute Gasteiger partial charge is 0.340 e. The van der Waals surface area contributed by atoms with Crippen LogP contribution in [-0.4, -0.2) is 44.1 Å². The molecule has 0 radical (unpaired) electrons. The molecule has 2 rings (SSSR count). The molecule has 1 amide bonds. The van der Waals surface area contributed by atoms with Gasteiger partial charge in [0.2, 0.25) is 0 Å². The van der Waals surface area contributed by atoms with Gasteiger partial charge in [-0.1, -0.05) is 29.8 Å². The Hall–Kier alpha value is -2.73. The van der Waals surface area contributed by atoms with Gasteiger partial charge in [0, 0.05) is 13.1 Å². The van der Waals surface area contributed by atoms with Crippen molar-refractivity contribution in [2.45, 2.75) is 13.5 Å². The van der Waals surface area contributed by atoms with Crippen molar-refractivity contribution < 1.29 is 23.8 Å². The number of ether oxygens (including phenoxy) is 3. The standard InChI is InChI=1S/C20H22ClNO5/c1-4-22(12-14-9-10-17(25-2)18(11-14)26-3)19(23)13-27-20(24)15-7-5-6-8-16(15)21/h5-11H,4,12-13H2,1-3H3. The third-order valence-electron chi connectivity index (χ3n) is 3.98. The number of esters is 1. The Kier molecular flexibility index (Phi) is 7.49. The largest absolute Gasteiger partial charge is 0.493 e. The highest BCUT2D eigenvalue weighted by Crippen LogP contribution is 2.28. The van der Waals surface area contributed by atoms with Gasteiger partial charge in [-0.25, -0.2) is 4.79 Å². The fraction of sp³-hybridized carbons (Fsp3) is 0.300. The van der Waals surface area contributed by atoms with Gasteiger partial charge in [-0.3, -0.25) is 4.79 Å².